The zero-order valence-corrected chi connectivity index (χ0v) is 10.2. The third-order valence-corrected chi connectivity index (χ3v) is 4.85. The number of carboxylic acid groups (broad SMARTS) is 1. The molecular weight excluding hydrogens is 224 g/mol. The van der Waals surface area contributed by atoms with E-state index in [9.17, 15) is 9.90 Å². The van der Waals surface area contributed by atoms with Gasteiger partial charge in [0.15, 0.2) is 5.69 Å². The Morgan fingerprint density at radius 2 is 2.19 bits per heavy atom. The fraction of sp³-hybridized carbons (Fsp3) is 0.545. The molecule has 0 bridgehead atoms. The molecule has 1 fully saturated rings. The Balaban J connectivity index is 2.12. The van der Waals surface area contributed by atoms with Crippen LogP contribution in [0.1, 0.15) is 23.3 Å². The molecule has 0 amide bonds. The molecule has 4 nitrogen and oxygen atoms in total. The molecule has 2 aliphatic rings. The van der Waals surface area contributed by atoms with Gasteiger partial charge in [-0.3, -0.25) is 0 Å². The number of hydrogen-bond acceptors (Lipinski definition) is 3. The molecule has 0 saturated heterocycles. The third-order valence-electron chi connectivity index (χ3n) is 3.37. The molecule has 1 N–H and O–H groups in total. The lowest BCUT2D eigenvalue weighted by atomic mass is 10.3. The number of anilines is 1. The van der Waals surface area contributed by atoms with Gasteiger partial charge in [0.2, 0.25) is 0 Å². The monoisotopic (exact) mass is 238 g/mol. The van der Waals surface area contributed by atoms with Crippen molar-refractivity contribution in [3.8, 4) is 0 Å². The van der Waals surface area contributed by atoms with E-state index in [1.54, 1.807) is 11.6 Å². The Labute approximate surface area is 98.2 Å². The summed E-state index contributed by atoms with van der Waals surface area (Å²) in [6.45, 7) is 0.967. The van der Waals surface area contributed by atoms with E-state index in [0.29, 0.717) is 10.4 Å². The maximum absolute atomic E-state index is 11.2. The largest absolute Gasteiger partial charge is 0.477 e. The van der Waals surface area contributed by atoms with Gasteiger partial charge < -0.3 is 14.6 Å². The van der Waals surface area contributed by atoms with Crippen LogP contribution in [-0.2, 0) is 7.05 Å². The Bertz CT molecular complexity index is 477. The molecule has 2 heterocycles. The number of carboxylic acids is 1. The predicted molar refractivity (Wildman–Crippen MR) is 63.5 cm³/mol. The Morgan fingerprint density at radius 3 is 2.75 bits per heavy atom. The van der Waals surface area contributed by atoms with Gasteiger partial charge in [-0.15, -0.1) is 11.8 Å². The summed E-state index contributed by atoms with van der Waals surface area (Å²) in [6.07, 6.45) is 4.44. The average Bonchev–Trinajstić information content (AvgIpc) is 2.79. The summed E-state index contributed by atoms with van der Waals surface area (Å²) >= 11 is 1.86. The van der Waals surface area contributed by atoms with Gasteiger partial charge in [-0.25, -0.2) is 4.79 Å². The summed E-state index contributed by atoms with van der Waals surface area (Å²) < 4.78 is 2.09. The number of carbonyl (C=O) groups is 1. The molecular formula is C11H14N2O2S. The zero-order valence-electron chi connectivity index (χ0n) is 9.36. The van der Waals surface area contributed by atoms with E-state index in [2.05, 4.69) is 4.90 Å². The maximum atomic E-state index is 11.2. The van der Waals surface area contributed by atoms with Crippen LogP contribution >= 0.6 is 11.8 Å². The van der Waals surface area contributed by atoms with Crippen LogP contribution in [-0.4, -0.2) is 34.0 Å². The van der Waals surface area contributed by atoms with Crippen molar-refractivity contribution < 1.29 is 9.90 Å². The molecule has 1 saturated carbocycles. The fourth-order valence-electron chi connectivity index (χ4n) is 2.46. The first kappa shape index (κ1) is 10.1. The molecule has 0 atom stereocenters. The van der Waals surface area contributed by atoms with Crippen LogP contribution in [0.4, 0.5) is 5.69 Å². The van der Waals surface area contributed by atoms with Crippen LogP contribution in [0.5, 0.6) is 0 Å². The summed E-state index contributed by atoms with van der Waals surface area (Å²) in [5.41, 5.74) is 1.29. The van der Waals surface area contributed by atoms with Gasteiger partial charge in [-0.1, -0.05) is 0 Å². The molecule has 1 aromatic heterocycles. The summed E-state index contributed by atoms with van der Waals surface area (Å²) in [5, 5.41) is 9.22. The zero-order chi connectivity index (χ0) is 11.5. The number of aryl methyl sites for hydroxylation is 1. The standard InChI is InChI=1S/C11H14N2O2S/c1-12-5-7-8(9(12)10(14)15)13(2)6-11(16-7)3-4-11/h5H,3-4,6H2,1-2H3,(H,14,15). The second kappa shape index (κ2) is 2.97. The average molecular weight is 238 g/mol. The van der Waals surface area contributed by atoms with E-state index in [1.807, 2.05) is 25.0 Å². The highest BCUT2D eigenvalue weighted by atomic mass is 32.2. The van der Waals surface area contributed by atoms with Crippen molar-refractivity contribution in [1.29, 1.82) is 0 Å². The highest BCUT2D eigenvalue weighted by Gasteiger charge is 2.49. The number of aromatic carboxylic acids is 1. The van der Waals surface area contributed by atoms with Gasteiger partial charge in [0.25, 0.3) is 0 Å². The number of aromatic nitrogens is 1. The van der Waals surface area contributed by atoms with E-state index >= 15 is 0 Å². The lowest BCUT2D eigenvalue weighted by Crippen LogP contribution is -2.33. The number of rotatable bonds is 1. The number of hydrogen-bond donors (Lipinski definition) is 1. The van der Waals surface area contributed by atoms with E-state index in [0.717, 1.165) is 17.1 Å². The predicted octanol–water partition coefficient (Wildman–Crippen LogP) is 1.80. The van der Waals surface area contributed by atoms with Crippen molar-refractivity contribution in [2.45, 2.75) is 22.5 Å². The van der Waals surface area contributed by atoms with Crippen molar-refractivity contribution in [1.82, 2.24) is 4.57 Å². The number of fused-ring (bicyclic) bond motifs is 1. The molecule has 3 rings (SSSR count). The summed E-state index contributed by atoms with van der Waals surface area (Å²) in [7, 11) is 3.79. The Hall–Kier alpha value is -1.10. The minimum absolute atomic E-state index is 0.374. The van der Waals surface area contributed by atoms with E-state index in [1.165, 1.54) is 12.8 Å². The summed E-state index contributed by atoms with van der Waals surface area (Å²) in [5.74, 6) is -0.844. The van der Waals surface area contributed by atoms with Crippen molar-refractivity contribution >= 4 is 23.4 Å². The molecule has 86 valence electrons. The summed E-state index contributed by atoms with van der Waals surface area (Å²) in [4.78, 5) is 14.4. The molecule has 5 heteroatoms. The number of thioether (sulfide) groups is 1. The van der Waals surface area contributed by atoms with E-state index in [-0.39, 0.29) is 0 Å². The molecule has 0 aromatic carbocycles. The maximum Gasteiger partial charge on any atom is 0.354 e. The third kappa shape index (κ3) is 1.27. The van der Waals surface area contributed by atoms with Crippen LogP contribution in [0.2, 0.25) is 0 Å². The molecule has 0 radical (unpaired) electrons. The molecule has 1 aromatic rings. The second-order valence-electron chi connectivity index (χ2n) is 4.75. The molecule has 0 unspecified atom stereocenters. The normalized spacial score (nSPS) is 21.0. The fourth-order valence-corrected chi connectivity index (χ4v) is 4.05. The summed E-state index contributed by atoms with van der Waals surface area (Å²) in [6, 6.07) is 0. The lowest BCUT2D eigenvalue weighted by molar-refractivity contribution is 0.0687. The van der Waals surface area contributed by atoms with Gasteiger partial charge in [0.1, 0.15) is 0 Å². The van der Waals surface area contributed by atoms with Crippen LogP contribution in [0.15, 0.2) is 11.1 Å². The Morgan fingerprint density at radius 1 is 1.50 bits per heavy atom. The van der Waals surface area contributed by atoms with E-state index in [4.69, 9.17) is 0 Å². The smallest absolute Gasteiger partial charge is 0.354 e. The van der Waals surface area contributed by atoms with Crippen molar-refractivity contribution in [2.75, 3.05) is 18.5 Å². The molecule has 1 aliphatic carbocycles. The molecule has 16 heavy (non-hydrogen) atoms. The van der Waals surface area contributed by atoms with Crippen molar-refractivity contribution in [3.63, 3.8) is 0 Å². The minimum Gasteiger partial charge on any atom is -0.477 e. The minimum atomic E-state index is -0.844. The van der Waals surface area contributed by atoms with Crippen LogP contribution in [0, 0.1) is 0 Å². The van der Waals surface area contributed by atoms with Crippen LogP contribution in [0.25, 0.3) is 0 Å². The van der Waals surface area contributed by atoms with Gasteiger partial charge in [0.05, 0.1) is 5.69 Å². The van der Waals surface area contributed by atoms with Crippen LogP contribution in [0.3, 0.4) is 0 Å². The highest BCUT2D eigenvalue weighted by Crippen LogP contribution is 2.58. The van der Waals surface area contributed by atoms with Gasteiger partial charge in [-0.05, 0) is 12.8 Å². The second-order valence-corrected chi connectivity index (χ2v) is 6.26. The van der Waals surface area contributed by atoms with Gasteiger partial charge >= 0.3 is 5.97 Å². The Kier molecular flexibility index (Phi) is 1.87. The lowest BCUT2D eigenvalue weighted by Gasteiger charge is -2.31. The molecule has 1 aliphatic heterocycles. The van der Waals surface area contributed by atoms with Crippen molar-refractivity contribution in [3.05, 3.63) is 11.9 Å². The van der Waals surface area contributed by atoms with Gasteiger partial charge in [-0.2, -0.15) is 0 Å². The van der Waals surface area contributed by atoms with E-state index < -0.39 is 5.97 Å². The SMILES string of the molecule is CN1CC2(CC2)Sc2cn(C)c(C(=O)O)c21. The quantitative estimate of drug-likeness (QED) is 0.810. The first-order valence-corrected chi connectivity index (χ1v) is 6.17. The van der Waals surface area contributed by atoms with Crippen molar-refractivity contribution in [2.24, 2.45) is 7.05 Å². The highest BCUT2D eigenvalue weighted by molar-refractivity contribution is 8.01. The molecule has 1 spiro atoms. The topological polar surface area (TPSA) is 45.5 Å². The van der Waals surface area contributed by atoms with Gasteiger partial charge in [0, 0.05) is 36.5 Å². The van der Waals surface area contributed by atoms with Crippen LogP contribution < -0.4 is 4.90 Å². The number of nitrogens with zero attached hydrogens (tertiary/aromatic N) is 2. The first-order chi connectivity index (χ1) is 7.52. The first-order valence-electron chi connectivity index (χ1n) is 5.35.